The lowest BCUT2D eigenvalue weighted by Gasteiger charge is -2.32. The Morgan fingerprint density at radius 2 is 1.72 bits per heavy atom. The molecule has 0 atom stereocenters. The Hall–Kier alpha value is -1.39. The Kier molecular flexibility index (Phi) is 3.99. The fourth-order valence-electron chi connectivity index (χ4n) is 2.26. The van der Waals surface area contributed by atoms with E-state index in [9.17, 15) is 14.4 Å². The molecule has 1 saturated carbocycles. The maximum atomic E-state index is 11.7. The zero-order valence-electron chi connectivity index (χ0n) is 10.8. The molecule has 0 bridgehead atoms. The first-order valence-corrected chi connectivity index (χ1v) is 6.64. The van der Waals surface area contributed by atoms with Crippen LogP contribution in [0.25, 0.3) is 0 Å². The van der Waals surface area contributed by atoms with Crippen LogP contribution in [0.15, 0.2) is 0 Å². The molecule has 1 aliphatic carbocycles. The van der Waals surface area contributed by atoms with Crippen LogP contribution in [0.2, 0.25) is 0 Å². The number of amides is 2. The molecule has 0 spiro atoms. The zero-order valence-corrected chi connectivity index (χ0v) is 10.8. The molecule has 1 saturated heterocycles. The van der Waals surface area contributed by atoms with Gasteiger partial charge in [-0.3, -0.25) is 14.4 Å². The number of rotatable bonds is 4. The third-order valence-electron chi connectivity index (χ3n) is 3.54. The van der Waals surface area contributed by atoms with Gasteiger partial charge in [-0.2, -0.15) is 0 Å². The normalized spacial score (nSPS) is 20.6. The summed E-state index contributed by atoms with van der Waals surface area (Å²) in [6.07, 6.45) is 3.62. The van der Waals surface area contributed by atoms with Crippen LogP contribution in [-0.4, -0.2) is 41.6 Å². The number of Topliss-reactive ketones (excluding diaryl/α,β-unsaturated/α-hetero) is 1. The van der Waals surface area contributed by atoms with E-state index in [1.54, 1.807) is 4.90 Å². The van der Waals surface area contributed by atoms with Crippen molar-refractivity contribution < 1.29 is 14.4 Å². The van der Waals surface area contributed by atoms with Crippen molar-refractivity contribution in [3.63, 3.8) is 0 Å². The van der Waals surface area contributed by atoms with Gasteiger partial charge >= 0.3 is 0 Å². The lowest BCUT2D eigenvalue weighted by Crippen LogP contribution is -2.47. The van der Waals surface area contributed by atoms with Crippen LogP contribution in [-0.2, 0) is 14.4 Å². The molecule has 1 N–H and O–H groups in total. The number of piperidine rings is 1. The summed E-state index contributed by atoms with van der Waals surface area (Å²) >= 11 is 0. The average molecular weight is 252 g/mol. The molecule has 0 unspecified atom stereocenters. The molecular formula is C13H20N2O3. The Morgan fingerprint density at radius 1 is 1.11 bits per heavy atom. The summed E-state index contributed by atoms with van der Waals surface area (Å²) in [6.45, 7) is 2.71. The molecule has 0 aromatic rings. The van der Waals surface area contributed by atoms with Crippen molar-refractivity contribution in [1.82, 2.24) is 10.2 Å². The highest BCUT2D eigenvalue weighted by Crippen LogP contribution is 2.29. The zero-order chi connectivity index (χ0) is 13.1. The van der Waals surface area contributed by atoms with Gasteiger partial charge in [0.1, 0.15) is 5.78 Å². The minimum absolute atomic E-state index is 0.000893. The highest BCUT2D eigenvalue weighted by Gasteiger charge is 2.32. The van der Waals surface area contributed by atoms with E-state index in [0.29, 0.717) is 13.1 Å². The third kappa shape index (κ3) is 3.55. The Bertz CT molecular complexity index is 355. The van der Waals surface area contributed by atoms with E-state index in [1.807, 2.05) is 0 Å². The molecule has 2 rings (SSSR count). The number of nitrogens with zero attached hydrogens (tertiary/aromatic N) is 1. The van der Waals surface area contributed by atoms with Gasteiger partial charge in [-0.1, -0.05) is 0 Å². The molecule has 2 fully saturated rings. The summed E-state index contributed by atoms with van der Waals surface area (Å²) in [4.78, 5) is 35.9. The van der Waals surface area contributed by atoms with Crippen molar-refractivity contribution in [3.05, 3.63) is 0 Å². The summed E-state index contributed by atoms with van der Waals surface area (Å²) in [6, 6.07) is 0.194. The van der Waals surface area contributed by atoms with Gasteiger partial charge in [-0.15, -0.1) is 0 Å². The molecule has 5 nitrogen and oxygen atoms in total. The minimum Gasteiger partial charge on any atom is -0.353 e. The molecule has 2 amide bonds. The summed E-state index contributed by atoms with van der Waals surface area (Å²) < 4.78 is 0. The SMILES string of the molecule is CC(=O)CC(=O)N1CCC(NC(=O)C2CC2)CC1. The first-order valence-electron chi connectivity index (χ1n) is 6.64. The van der Waals surface area contributed by atoms with E-state index in [4.69, 9.17) is 0 Å². The number of nitrogens with one attached hydrogen (secondary N) is 1. The van der Waals surface area contributed by atoms with E-state index in [2.05, 4.69) is 5.32 Å². The molecule has 0 aromatic carbocycles. The Balaban J connectivity index is 1.71. The molecular weight excluding hydrogens is 232 g/mol. The minimum atomic E-state index is -0.0934. The van der Waals surface area contributed by atoms with Gasteiger partial charge in [0, 0.05) is 25.0 Å². The van der Waals surface area contributed by atoms with E-state index < -0.39 is 0 Å². The second-order valence-corrected chi connectivity index (χ2v) is 5.32. The van der Waals surface area contributed by atoms with Crippen molar-refractivity contribution in [2.24, 2.45) is 5.92 Å². The number of carbonyl (C=O) groups is 3. The Morgan fingerprint density at radius 3 is 2.22 bits per heavy atom. The molecule has 1 heterocycles. The summed E-state index contributed by atoms with van der Waals surface area (Å²) in [5.74, 6) is 0.226. The van der Waals surface area contributed by atoms with E-state index in [0.717, 1.165) is 25.7 Å². The lowest BCUT2D eigenvalue weighted by molar-refractivity contribution is -0.135. The fourth-order valence-corrected chi connectivity index (χ4v) is 2.26. The number of hydrogen-bond donors (Lipinski definition) is 1. The second-order valence-electron chi connectivity index (χ2n) is 5.32. The summed E-state index contributed by atoms with van der Waals surface area (Å²) in [5, 5.41) is 3.04. The maximum Gasteiger partial charge on any atom is 0.230 e. The largest absolute Gasteiger partial charge is 0.353 e. The highest BCUT2D eigenvalue weighted by atomic mass is 16.2. The first-order chi connectivity index (χ1) is 8.56. The molecule has 0 aromatic heterocycles. The molecule has 18 heavy (non-hydrogen) atoms. The smallest absolute Gasteiger partial charge is 0.230 e. The van der Waals surface area contributed by atoms with Crippen LogP contribution in [0, 0.1) is 5.92 Å². The van der Waals surface area contributed by atoms with Crippen LogP contribution >= 0.6 is 0 Å². The van der Waals surface area contributed by atoms with Crippen LogP contribution < -0.4 is 5.32 Å². The maximum absolute atomic E-state index is 11.7. The topological polar surface area (TPSA) is 66.5 Å². The fraction of sp³-hybridized carbons (Fsp3) is 0.769. The van der Waals surface area contributed by atoms with Crippen molar-refractivity contribution >= 4 is 17.6 Å². The Labute approximate surface area is 107 Å². The van der Waals surface area contributed by atoms with Crippen LogP contribution in [0.3, 0.4) is 0 Å². The van der Waals surface area contributed by atoms with E-state index in [1.165, 1.54) is 6.92 Å². The molecule has 2 aliphatic rings. The van der Waals surface area contributed by atoms with Crippen molar-refractivity contribution in [1.29, 1.82) is 0 Å². The predicted octanol–water partition coefficient (Wildman–Crippen LogP) is 0.483. The van der Waals surface area contributed by atoms with Crippen molar-refractivity contribution in [2.45, 2.75) is 45.1 Å². The van der Waals surface area contributed by atoms with Crippen LogP contribution in [0.5, 0.6) is 0 Å². The van der Waals surface area contributed by atoms with Gasteiger partial charge in [0.25, 0.3) is 0 Å². The molecule has 0 radical (unpaired) electrons. The molecule has 5 heteroatoms. The quantitative estimate of drug-likeness (QED) is 0.740. The highest BCUT2D eigenvalue weighted by molar-refractivity contribution is 5.96. The van der Waals surface area contributed by atoms with E-state index >= 15 is 0 Å². The number of hydrogen-bond acceptors (Lipinski definition) is 3. The predicted molar refractivity (Wildman–Crippen MR) is 65.8 cm³/mol. The van der Waals surface area contributed by atoms with E-state index in [-0.39, 0.29) is 36.0 Å². The van der Waals surface area contributed by atoms with Crippen molar-refractivity contribution in [2.75, 3.05) is 13.1 Å². The van der Waals surface area contributed by atoms with Gasteiger partial charge in [0.2, 0.25) is 11.8 Å². The van der Waals surface area contributed by atoms with Gasteiger partial charge in [-0.25, -0.2) is 0 Å². The number of carbonyl (C=O) groups excluding carboxylic acids is 3. The molecule has 1 aliphatic heterocycles. The second kappa shape index (κ2) is 5.50. The van der Waals surface area contributed by atoms with Crippen LogP contribution in [0.4, 0.5) is 0 Å². The van der Waals surface area contributed by atoms with Gasteiger partial charge in [0.15, 0.2) is 0 Å². The van der Waals surface area contributed by atoms with Gasteiger partial charge < -0.3 is 10.2 Å². The average Bonchev–Trinajstić information content (AvgIpc) is 3.12. The van der Waals surface area contributed by atoms with Gasteiger partial charge in [-0.05, 0) is 32.6 Å². The van der Waals surface area contributed by atoms with Gasteiger partial charge in [0.05, 0.1) is 6.42 Å². The third-order valence-corrected chi connectivity index (χ3v) is 3.54. The standard InChI is InChI=1S/C13H20N2O3/c1-9(16)8-12(17)15-6-4-11(5-7-15)14-13(18)10-2-3-10/h10-11H,2-8H2,1H3,(H,14,18). The van der Waals surface area contributed by atoms with Crippen LogP contribution in [0.1, 0.15) is 39.0 Å². The number of likely N-dealkylation sites (tertiary alicyclic amines) is 1. The first kappa shape index (κ1) is 13.1. The summed E-state index contributed by atoms with van der Waals surface area (Å²) in [5.41, 5.74) is 0. The monoisotopic (exact) mass is 252 g/mol. The lowest BCUT2D eigenvalue weighted by atomic mass is 10.0. The number of ketones is 1. The van der Waals surface area contributed by atoms with Crippen molar-refractivity contribution in [3.8, 4) is 0 Å². The molecule has 100 valence electrons. The summed E-state index contributed by atoms with van der Waals surface area (Å²) in [7, 11) is 0.